The van der Waals surface area contributed by atoms with Gasteiger partial charge < -0.3 is 9.84 Å². The third-order valence-corrected chi connectivity index (χ3v) is 1.59. The van der Waals surface area contributed by atoms with Gasteiger partial charge >= 0.3 is 0 Å². The molecule has 2 heteroatoms. The van der Waals surface area contributed by atoms with Crippen molar-refractivity contribution >= 4 is 0 Å². The Morgan fingerprint density at radius 1 is 1.70 bits per heavy atom. The average Bonchev–Trinajstić information content (AvgIpc) is 1.98. The SMILES string of the molecule is COC(C)C(C)=CCCO. The summed E-state index contributed by atoms with van der Waals surface area (Å²) in [5.41, 5.74) is 1.18. The van der Waals surface area contributed by atoms with Gasteiger partial charge in [-0.25, -0.2) is 0 Å². The average molecular weight is 144 g/mol. The molecule has 2 nitrogen and oxygen atoms in total. The molecule has 0 saturated heterocycles. The van der Waals surface area contributed by atoms with Gasteiger partial charge in [-0.2, -0.15) is 0 Å². The molecule has 0 amide bonds. The monoisotopic (exact) mass is 144 g/mol. The first-order valence-electron chi connectivity index (χ1n) is 3.52. The third kappa shape index (κ3) is 3.64. The second kappa shape index (κ2) is 5.45. The Bertz CT molecular complexity index is 108. The molecule has 10 heavy (non-hydrogen) atoms. The molecule has 0 aromatic heterocycles. The zero-order chi connectivity index (χ0) is 7.98. The normalized spacial score (nSPS) is 15.4. The molecule has 0 spiro atoms. The lowest BCUT2D eigenvalue weighted by Crippen LogP contribution is -2.05. The molecule has 0 heterocycles. The van der Waals surface area contributed by atoms with E-state index in [-0.39, 0.29) is 12.7 Å². The van der Waals surface area contributed by atoms with Crippen molar-refractivity contribution in [2.24, 2.45) is 0 Å². The summed E-state index contributed by atoms with van der Waals surface area (Å²) in [5, 5.41) is 8.48. The van der Waals surface area contributed by atoms with E-state index in [1.54, 1.807) is 7.11 Å². The summed E-state index contributed by atoms with van der Waals surface area (Å²) in [4.78, 5) is 0. The van der Waals surface area contributed by atoms with E-state index < -0.39 is 0 Å². The van der Waals surface area contributed by atoms with E-state index in [1.807, 2.05) is 19.9 Å². The van der Waals surface area contributed by atoms with Crippen molar-refractivity contribution < 1.29 is 9.84 Å². The van der Waals surface area contributed by atoms with Crippen LogP contribution in [0.1, 0.15) is 20.3 Å². The molecule has 0 aromatic rings. The van der Waals surface area contributed by atoms with Gasteiger partial charge in [0.25, 0.3) is 0 Å². The van der Waals surface area contributed by atoms with Gasteiger partial charge in [0, 0.05) is 13.7 Å². The predicted molar refractivity (Wildman–Crippen MR) is 41.9 cm³/mol. The van der Waals surface area contributed by atoms with Gasteiger partial charge in [0.15, 0.2) is 0 Å². The molecule has 0 aliphatic rings. The number of ether oxygens (including phenoxy) is 1. The molecule has 0 aliphatic heterocycles. The van der Waals surface area contributed by atoms with Crippen molar-refractivity contribution in [1.82, 2.24) is 0 Å². The van der Waals surface area contributed by atoms with E-state index in [4.69, 9.17) is 9.84 Å². The minimum atomic E-state index is 0.173. The summed E-state index contributed by atoms with van der Waals surface area (Å²) in [6.45, 7) is 4.21. The van der Waals surface area contributed by atoms with Crippen molar-refractivity contribution in [3.05, 3.63) is 11.6 Å². The van der Waals surface area contributed by atoms with Crippen molar-refractivity contribution in [2.75, 3.05) is 13.7 Å². The number of aliphatic hydroxyl groups excluding tert-OH is 1. The van der Waals surface area contributed by atoms with E-state index in [2.05, 4.69) is 0 Å². The van der Waals surface area contributed by atoms with Crippen LogP contribution in [0.5, 0.6) is 0 Å². The highest BCUT2D eigenvalue weighted by Crippen LogP contribution is 2.04. The first-order valence-corrected chi connectivity index (χ1v) is 3.52. The molecule has 0 bridgehead atoms. The molecule has 0 rings (SSSR count). The Kier molecular flexibility index (Phi) is 5.26. The van der Waals surface area contributed by atoms with Crippen LogP contribution in [-0.2, 0) is 4.74 Å². The first kappa shape index (κ1) is 9.66. The number of rotatable bonds is 4. The van der Waals surface area contributed by atoms with Gasteiger partial charge in [-0.1, -0.05) is 6.08 Å². The summed E-state index contributed by atoms with van der Waals surface area (Å²) in [6, 6.07) is 0. The largest absolute Gasteiger partial charge is 0.396 e. The zero-order valence-electron chi connectivity index (χ0n) is 6.92. The summed E-state index contributed by atoms with van der Waals surface area (Å²) in [5.74, 6) is 0. The summed E-state index contributed by atoms with van der Waals surface area (Å²) in [7, 11) is 1.68. The van der Waals surface area contributed by atoms with Crippen LogP contribution in [0, 0.1) is 0 Å². The van der Waals surface area contributed by atoms with E-state index in [1.165, 1.54) is 5.57 Å². The standard InChI is InChI=1S/C8H16O2/c1-7(5-4-6-9)8(2)10-3/h5,8-9H,4,6H2,1-3H3. The summed E-state index contributed by atoms with van der Waals surface area (Å²) >= 11 is 0. The van der Waals surface area contributed by atoms with Gasteiger partial charge in [-0.15, -0.1) is 0 Å². The van der Waals surface area contributed by atoms with Crippen LogP contribution in [-0.4, -0.2) is 24.9 Å². The highest BCUT2D eigenvalue weighted by Gasteiger charge is 1.99. The first-order chi connectivity index (χ1) is 4.72. The Labute approximate surface area is 62.5 Å². The van der Waals surface area contributed by atoms with Crippen LogP contribution < -0.4 is 0 Å². The second-order valence-electron chi connectivity index (χ2n) is 2.34. The Hall–Kier alpha value is -0.340. The van der Waals surface area contributed by atoms with Crippen molar-refractivity contribution in [3.63, 3.8) is 0 Å². The smallest absolute Gasteiger partial charge is 0.0750 e. The van der Waals surface area contributed by atoms with Crippen LogP contribution in [0.4, 0.5) is 0 Å². The fraction of sp³-hybridized carbons (Fsp3) is 0.750. The molecule has 1 atom stereocenters. The molecule has 1 unspecified atom stereocenters. The predicted octanol–water partition coefficient (Wildman–Crippen LogP) is 1.35. The van der Waals surface area contributed by atoms with Gasteiger partial charge in [0.1, 0.15) is 0 Å². The summed E-state index contributed by atoms with van der Waals surface area (Å²) in [6.07, 6.45) is 2.89. The van der Waals surface area contributed by atoms with Crippen LogP contribution in [0.3, 0.4) is 0 Å². The highest BCUT2D eigenvalue weighted by atomic mass is 16.5. The second-order valence-corrected chi connectivity index (χ2v) is 2.34. The lowest BCUT2D eigenvalue weighted by atomic mass is 10.1. The molecular weight excluding hydrogens is 128 g/mol. The highest BCUT2D eigenvalue weighted by molar-refractivity contribution is 5.03. The van der Waals surface area contributed by atoms with Crippen LogP contribution >= 0.6 is 0 Å². The Morgan fingerprint density at radius 2 is 2.30 bits per heavy atom. The number of methoxy groups -OCH3 is 1. The lowest BCUT2D eigenvalue weighted by molar-refractivity contribution is 0.146. The number of hydrogen-bond acceptors (Lipinski definition) is 2. The molecule has 0 radical (unpaired) electrons. The quantitative estimate of drug-likeness (QED) is 0.603. The third-order valence-electron chi connectivity index (χ3n) is 1.59. The minimum Gasteiger partial charge on any atom is -0.396 e. The zero-order valence-corrected chi connectivity index (χ0v) is 6.92. The maximum absolute atomic E-state index is 8.48. The van der Waals surface area contributed by atoms with Crippen molar-refractivity contribution in [1.29, 1.82) is 0 Å². The maximum atomic E-state index is 8.48. The number of hydrogen-bond donors (Lipinski definition) is 1. The number of aliphatic hydroxyl groups is 1. The van der Waals surface area contributed by atoms with Gasteiger partial charge in [-0.05, 0) is 25.8 Å². The van der Waals surface area contributed by atoms with Crippen LogP contribution in [0.15, 0.2) is 11.6 Å². The van der Waals surface area contributed by atoms with Gasteiger partial charge in [-0.3, -0.25) is 0 Å². The van der Waals surface area contributed by atoms with E-state index in [0.717, 1.165) is 6.42 Å². The molecule has 60 valence electrons. The van der Waals surface area contributed by atoms with Crippen molar-refractivity contribution in [3.8, 4) is 0 Å². The molecular formula is C8H16O2. The Morgan fingerprint density at radius 3 is 2.70 bits per heavy atom. The molecule has 0 fully saturated rings. The van der Waals surface area contributed by atoms with E-state index in [0.29, 0.717) is 0 Å². The van der Waals surface area contributed by atoms with E-state index in [9.17, 15) is 0 Å². The Balaban J connectivity index is 3.67. The van der Waals surface area contributed by atoms with E-state index >= 15 is 0 Å². The van der Waals surface area contributed by atoms with Gasteiger partial charge in [0.2, 0.25) is 0 Å². The maximum Gasteiger partial charge on any atom is 0.0750 e. The fourth-order valence-electron chi connectivity index (χ4n) is 0.644. The van der Waals surface area contributed by atoms with Crippen LogP contribution in [0.25, 0.3) is 0 Å². The lowest BCUT2D eigenvalue weighted by Gasteiger charge is -2.08. The topological polar surface area (TPSA) is 29.5 Å². The minimum absolute atomic E-state index is 0.173. The fourth-order valence-corrected chi connectivity index (χ4v) is 0.644. The molecule has 1 N–H and O–H groups in total. The molecule has 0 aromatic carbocycles. The molecule has 0 aliphatic carbocycles. The summed E-state index contributed by atoms with van der Waals surface area (Å²) < 4.78 is 5.06. The molecule has 0 saturated carbocycles. The van der Waals surface area contributed by atoms with Crippen LogP contribution in [0.2, 0.25) is 0 Å². The van der Waals surface area contributed by atoms with Gasteiger partial charge in [0.05, 0.1) is 6.10 Å². The van der Waals surface area contributed by atoms with Crippen molar-refractivity contribution in [2.45, 2.75) is 26.4 Å².